The third-order valence-corrected chi connectivity index (χ3v) is 6.18. The van der Waals surface area contributed by atoms with Crippen molar-refractivity contribution in [2.24, 2.45) is 11.3 Å². The summed E-state index contributed by atoms with van der Waals surface area (Å²) in [5, 5.41) is 12.6. The molecule has 8 nitrogen and oxygen atoms in total. The lowest BCUT2D eigenvalue weighted by molar-refractivity contribution is -0.137. The van der Waals surface area contributed by atoms with Crippen LogP contribution in [0.2, 0.25) is 0 Å². The fraction of sp³-hybridized carbons (Fsp3) is 0.478. The number of urea groups is 1. The first-order valence-electron chi connectivity index (χ1n) is 10.7. The second kappa shape index (κ2) is 7.83. The summed E-state index contributed by atoms with van der Waals surface area (Å²) in [5.74, 6) is -0.316. The van der Waals surface area contributed by atoms with Crippen LogP contribution in [-0.2, 0) is 16.1 Å². The van der Waals surface area contributed by atoms with Crippen LogP contribution in [0.15, 0.2) is 36.5 Å². The van der Waals surface area contributed by atoms with Crippen molar-refractivity contribution in [3.8, 4) is 11.3 Å². The second-order valence-electron chi connectivity index (χ2n) is 9.70. The third-order valence-electron chi connectivity index (χ3n) is 6.18. The fourth-order valence-corrected chi connectivity index (χ4v) is 5.27. The normalized spacial score (nSPS) is 25.0. The van der Waals surface area contributed by atoms with Crippen LogP contribution < -0.4 is 10.6 Å². The molecule has 4 amide bonds. The molecule has 1 aliphatic carbocycles. The standard InChI is InChI=1S/C23H29N5O3/c1-15-10-22(2,3)14-23(11-15)20(30)28(21(31)26-23)13-19(29)24-12-16-4-6-17(7-5-16)18-8-9-25-27-18/h4-9,15H,10-14H2,1-3H3,(H,24,29)(H,25,27)(H,26,31). The lowest BCUT2D eigenvalue weighted by atomic mass is 9.64. The van der Waals surface area contributed by atoms with Crippen LogP contribution >= 0.6 is 0 Å². The Hall–Kier alpha value is -3.16. The van der Waals surface area contributed by atoms with Gasteiger partial charge in [0.1, 0.15) is 12.1 Å². The van der Waals surface area contributed by atoms with Crippen molar-refractivity contribution >= 4 is 17.8 Å². The lowest BCUT2D eigenvalue weighted by Gasteiger charge is -2.43. The Labute approximate surface area is 181 Å². The highest BCUT2D eigenvalue weighted by Crippen LogP contribution is 2.46. The van der Waals surface area contributed by atoms with Gasteiger partial charge in [-0.1, -0.05) is 45.0 Å². The van der Waals surface area contributed by atoms with Gasteiger partial charge in [-0.15, -0.1) is 0 Å². The molecule has 2 aromatic rings. The summed E-state index contributed by atoms with van der Waals surface area (Å²) in [6.45, 7) is 6.40. The Morgan fingerprint density at radius 1 is 1.19 bits per heavy atom. The molecule has 1 spiro atoms. The number of aromatic nitrogens is 2. The number of aromatic amines is 1. The molecule has 1 aromatic carbocycles. The van der Waals surface area contributed by atoms with Crippen molar-refractivity contribution in [1.29, 1.82) is 0 Å². The van der Waals surface area contributed by atoms with Crippen LogP contribution in [-0.4, -0.2) is 45.0 Å². The fourth-order valence-electron chi connectivity index (χ4n) is 5.27. The third kappa shape index (κ3) is 4.33. The summed E-state index contributed by atoms with van der Waals surface area (Å²) >= 11 is 0. The number of carbonyl (C=O) groups excluding carboxylic acids is 3. The summed E-state index contributed by atoms with van der Waals surface area (Å²) in [6, 6.07) is 9.14. The Balaban J connectivity index is 1.35. The van der Waals surface area contributed by atoms with Gasteiger partial charge in [0.15, 0.2) is 0 Å². The van der Waals surface area contributed by atoms with Crippen LogP contribution in [0.5, 0.6) is 0 Å². The predicted molar refractivity (Wildman–Crippen MR) is 116 cm³/mol. The summed E-state index contributed by atoms with van der Waals surface area (Å²) < 4.78 is 0. The minimum Gasteiger partial charge on any atom is -0.350 e. The number of benzene rings is 1. The van der Waals surface area contributed by atoms with E-state index in [0.717, 1.165) is 28.1 Å². The average molecular weight is 424 g/mol. The Bertz CT molecular complexity index is 983. The van der Waals surface area contributed by atoms with Crippen LogP contribution in [0.1, 0.15) is 45.6 Å². The maximum absolute atomic E-state index is 13.1. The first-order chi connectivity index (χ1) is 14.7. The molecule has 3 N–H and O–H groups in total. The topological polar surface area (TPSA) is 107 Å². The van der Waals surface area contributed by atoms with E-state index in [2.05, 4.69) is 41.6 Å². The highest BCUT2D eigenvalue weighted by molar-refractivity contribution is 6.09. The van der Waals surface area contributed by atoms with Crippen molar-refractivity contribution in [2.75, 3.05) is 6.54 Å². The molecule has 164 valence electrons. The van der Waals surface area contributed by atoms with Crippen LogP contribution in [0.4, 0.5) is 4.79 Å². The van der Waals surface area contributed by atoms with E-state index in [-0.39, 0.29) is 23.8 Å². The number of nitrogens with zero attached hydrogens (tertiary/aromatic N) is 2. The molecule has 2 fully saturated rings. The highest BCUT2D eigenvalue weighted by Gasteiger charge is 2.56. The number of H-pyrrole nitrogens is 1. The van der Waals surface area contributed by atoms with E-state index in [9.17, 15) is 14.4 Å². The zero-order valence-corrected chi connectivity index (χ0v) is 18.2. The molecule has 2 aliphatic rings. The van der Waals surface area contributed by atoms with Gasteiger partial charge in [0, 0.05) is 12.7 Å². The van der Waals surface area contributed by atoms with Crippen LogP contribution in [0, 0.1) is 11.3 Å². The van der Waals surface area contributed by atoms with E-state index in [1.54, 1.807) is 6.20 Å². The van der Waals surface area contributed by atoms with Gasteiger partial charge in [-0.3, -0.25) is 19.6 Å². The number of imide groups is 1. The molecular formula is C23H29N5O3. The number of hydrogen-bond donors (Lipinski definition) is 3. The number of nitrogens with one attached hydrogen (secondary N) is 3. The molecule has 8 heteroatoms. The van der Waals surface area contributed by atoms with Gasteiger partial charge in [0.2, 0.25) is 5.91 Å². The minimum absolute atomic E-state index is 0.0404. The molecule has 1 saturated carbocycles. The monoisotopic (exact) mass is 423 g/mol. The van der Waals surface area contributed by atoms with Crippen molar-refractivity contribution in [1.82, 2.24) is 25.7 Å². The molecule has 2 atom stereocenters. The minimum atomic E-state index is -0.888. The van der Waals surface area contributed by atoms with Gasteiger partial charge in [0.25, 0.3) is 5.91 Å². The van der Waals surface area contributed by atoms with Crippen LogP contribution in [0.25, 0.3) is 11.3 Å². The van der Waals surface area contributed by atoms with E-state index < -0.39 is 11.6 Å². The van der Waals surface area contributed by atoms with E-state index in [4.69, 9.17) is 0 Å². The van der Waals surface area contributed by atoms with E-state index >= 15 is 0 Å². The average Bonchev–Trinajstić information content (AvgIpc) is 3.29. The van der Waals surface area contributed by atoms with Gasteiger partial charge in [-0.25, -0.2) is 4.79 Å². The van der Waals surface area contributed by atoms with Crippen molar-refractivity contribution < 1.29 is 14.4 Å². The SMILES string of the molecule is CC1CC(C)(C)CC2(C1)NC(=O)N(CC(=O)NCc1ccc(-c3ccn[nH]3)cc1)C2=O. The lowest BCUT2D eigenvalue weighted by Crippen LogP contribution is -2.54. The summed E-state index contributed by atoms with van der Waals surface area (Å²) in [4.78, 5) is 39.2. The van der Waals surface area contributed by atoms with Crippen LogP contribution in [0.3, 0.4) is 0 Å². The Morgan fingerprint density at radius 3 is 2.58 bits per heavy atom. The Kier molecular flexibility index (Phi) is 5.33. The molecule has 1 aromatic heterocycles. The largest absolute Gasteiger partial charge is 0.350 e. The zero-order valence-electron chi connectivity index (χ0n) is 18.2. The van der Waals surface area contributed by atoms with Gasteiger partial charge in [0.05, 0.1) is 5.69 Å². The predicted octanol–water partition coefficient (Wildman–Crippen LogP) is 2.83. The van der Waals surface area contributed by atoms with E-state index in [0.29, 0.717) is 25.3 Å². The summed E-state index contributed by atoms with van der Waals surface area (Å²) in [6.07, 6.45) is 3.91. The van der Waals surface area contributed by atoms with Crippen molar-refractivity contribution in [2.45, 2.75) is 52.1 Å². The molecule has 1 saturated heterocycles. The molecule has 31 heavy (non-hydrogen) atoms. The first kappa shape index (κ1) is 21.1. The number of carbonyl (C=O) groups is 3. The van der Waals surface area contributed by atoms with Crippen molar-refractivity contribution in [3.63, 3.8) is 0 Å². The smallest absolute Gasteiger partial charge is 0.325 e. The number of amides is 4. The molecule has 4 rings (SSSR count). The molecule has 2 heterocycles. The first-order valence-corrected chi connectivity index (χ1v) is 10.7. The Morgan fingerprint density at radius 2 is 1.94 bits per heavy atom. The summed E-state index contributed by atoms with van der Waals surface area (Å²) in [7, 11) is 0. The zero-order chi connectivity index (χ0) is 22.2. The van der Waals surface area contributed by atoms with E-state index in [1.807, 2.05) is 30.3 Å². The number of hydrogen-bond acceptors (Lipinski definition) is 4. The maximum Gasteiger partial charge on any atom is 0.325 e. The second-order valence-corrected chi connectivity index (χ2v) is 9.70. The molecule has 1 aliphatic heterocycles. The molecule has 0 bridgehead atoms. The maximum atomic E-state index is 13.1. The molecule has 2 unspecified atom stereocenters. The number of rotatable bonds is 5. The van der Waals surface area contributed by atoms with Crippen molar-refractivity contribution in [3.05, 3.63) is 42.1 Å². The quantitative estimate of drug-likeness (QED) is 0.643. The molecule has 0 radical (unpaired) electrons. The summed E-state index contributed by atoms with van der Waals surface area (Å²) in [5.41, 5.74) is 1.92. The molecular weight excluding hydrogens is 394 g/mol. The van der Waals surface area contributed by atoms with Gasteiger partial charge < -0.3 is 10.6 Å². The highest BCUT2D eigenvalue weighted by atomic mass is 16.2. The van der Waals surface area contributed by atoms with E-state index in [1.165, 1.54) is 0 Å². The van der Waals surface area contributed by atoms with Gasteiger partial charge >= 0.3 is 6.03 Å². The van der Waals surface area contributed by atoms with Gasteiger partial charge in [-0.05, 0) is 47.8 Å². The van der Waals surface area contributed by atoms with Gasteiger partial charge in [-0.2, -0.15) is 5.10 Å².